The van der Waals surface area contributed by atoms with Gasteiger partial charge in [-0.1, -0.05) is 0 Å². The van der Waals surface area contributed by atoms with Crippen molar-refractivity contribution in [2.24, 2.45) is 0 Å². The number of pyridine rings is 1. The van der Waals surface area contributed by atoms with Crippen LogP contribution >= 0.6 is 0 Å². The maximum Gasteiger partial charge on any atom is 0.339 e. The van der Waals surface area contributed by atoms with Gasteiger partial charge in [-0.3, -0.25) is 0 Å². The number of aliphatic hydroxyl groups is 1. The lowest BCUT2D eigenvalue weighted by atomic mass is 10.2. The molecular formula is C14H14N2O4. The number of aromatic nitrogens is 1. The number of hydrogen-bond acceptors (Lipinski definition) is 6. The summed E-state index contributed by atoms with van der Waals surface area (Å²) in [6.45, 7) is -0.169. The smallest absolute Gasteiger partial charge is 0.339 e. The topological polar surface area (TPSA) is 94.7 Å². The Morgan fingerprint density at radius 1 is 1.35 bits per heavy atom. The highest BCUT2D eigenvalue weighted by Gasteiger charge is 2.07. The fourth-order valence-corrected chi connectivity index (χ4v) is 1.58. The van der Waals surface area contributed by atoms with E-state index >= 15 is 0 Å². The van der Waals surface area contributed by atoms with Crippen LogP contribution in [-0.4, -0.2) is 23.2 Å². The van der Waals surface area contributed by atoms with E-state index in [2.05, 4.69) is 9.72 Å². The van der Waals surface area contributed by atoms with Crippen LogP contribution in [0, 0.1) is 0 Å². The summed E-state index contributed by atoms with van der Waals surface area (Å²) in [5.41, 5.74) is 7.09. The second-order valence-corrected chi connectivity index (χ2v) is 4.00. The molecular weight excluding hydrogens is 260 g/mol. The Labute approximate surface area is 115 Å². The summed E-state index contributed by atoms with van der Waals surface area (Å²) in [6.07, 6.45) is 1.37. The molecule has 1 aromatic heterocycles. The molecule has 0 aliphatic rings. The number of hydrogen-bond donors (Lipinski definition) is 2. The molecule has 1 heterocycles. The molecule has 6 heteroatoms. The summed E-state index contributed by atoms with van der Waals surface area (Å²) in [5, 5.41) is 9.13. The summed E-state index contributed by atoms with van der Waals surface area (Å²) in [6, 6.07) is 8.05. The summed E-state index contributed by atoms with van der Waals surface area (Å²) < 4.78 is 10.1. The first-order valence-corrected chi connectivity index (χ1v) is 5.85. The summed E-state index contributed by atoms with van der Waals surface area (Å²) in [4.78, 5) is 15.3. The average Bonchev–Trinajstić information content (AvgIpc) is 2.49. The maximum atomic E-state index is 11.3. The molecule has 0 amide bonds. The number of methoxy groups -OCH3 is 1. The van der Waals surface area contributed by atoms with Crippen molar-refractivity contribution >= 4 is 11.7 Å². The van der Waals surface area contributed by atoms with Crippen LogP contribution in [0.25, 0.3) is 0 Å². The first-order valence-electron chi connectivity index (χ1n) is 5.85. The Bertz CT molecular complexity index is 611. The number of anilines is 1. The highest BCUT2D eigenvalue weighted by Crippen LogP contribution is 2.24. The third kappa shape index (κ3) is 3.04. The van der Waals surface area contributed by atoms with Crippen molar-refractivity contribution in [3.8, 4) is 11.6 Å². The molecule has 2 aromatic rings. The van der Waals surface area contributed by atoms with Gasteiger partial charge in [-0.2, -0.15) is 0 Å². The Morgan fingerprint density at radius 2 is 2.15 bits per heavy atom. The van der Waals surface area contributed by atoms with E-state index in [1.165, 1.54) is 13.3 Å². The van der Waals surface area contributed by atoms with Gasteiger partial charge in [0.25, 0.3) is 0 Å². The van der Waals surface area contributed by atoms with Gasteiger partial charge in [-0.05, 0) is 24.3 Å². The van der Waals surface area contributed by atoms with E-state index in [1.807, 2.05) is 0 Å². The number of aliphatic hydroxyl groups excluding tert-OH is 1. The molecule has 20 heavy (non-hydrogen) atoms. The second-order valence-electron chi connectivity index (χ2n) is 4.00. The van der Waals surface area contributed by atoms with Crippen molar-refractivity contribution < 1.29 is 19.4 Å². The number of carbonyl (C=O) groups is 1. The molecule has 3 N–H and O–H groups in total. The number of ether oxygens (including phenoxy) is 2. The van der Waals surface area contributed by atoms with Gasteiger partial charge in [-0.25, -0.2) is 9.78 Å². The summed E-state index contributed by atoms with van der Waals surface area (Å²) in [5.74, 6) is 0.368. The minimum Gasteiger partial charge on any atom is -0.465 e. The van der Waals surface area contributed by atoms with Gasteiger partial charge in [0.1, 0.15) is 5.75 Å². The number of nitrogens with zero attached hydrogens (tertiary/aromatic N) is 1. The fourth-order valence-electron chi connectivity index (χ4n) is 1.58. The molecule has 0 saturated carbocycles. The molecule has 6 nitrogen and oxygen atoms in total. The minimum absolute atomic E-state index is 0.169. The van der Waals surface area contributed by atoms with Crippen LogP contribution in [0.1, 0.15) is 15.9 Å². The van der Waals surface area contributed by atoms with Crippen molar-refractivity contribution in [2.75, 3.05) is 12.8 Å². The number of nitrogen functional groups attached to an aromatic ring is 1. The molecule has 0 atom stereocenters. The summed E-state index contributed by atoms with van der Waals surface area (Å²) in [7, 11) is 1.30. The largest absolute Gasteiger partial charge is 0.465 e. The van der Waals surface area contributed by atoms with Crippen molar-refractivity contribution in [1.29, 1.82) is 0 Å². The average molecular weight is 274 g/mol. The zero-order valence-electron chi connectivity index (χ0n) is 10.9. The van der Waals surface area contributed by atoms with Crippen LogP contribution in [0.3, 0.4) is 0 Å². The third-order valence-corrected chi connectivity index (χ3v) is 2.66. The van der Waals surface area contributed by atoms with Crippen molar-refractivity contribution in [1.82, 2.24) is 4.98 Å². The van der Waals surface area contributed by atoms with Crippen LogP contribution in [0.2, 0.25) is 0 Å². The minimum atomic E-state index is -0.459. The number of rotatable bonds is 4. The number of esters is 1. The molecule has 0 unspecified atom stereocenters. The Kier molecular flexibility index (Phi) is 4.17. The van der Waals surface area contributed by atoms with Gasteiger partial charge in [0.2, 0.25) is 5.88 Å². The van der Waals surface area contributed by atoms with Crippen LogP contribution in [0.4, 0.5) is 5.69 Å². The molecule has 0 aliphatic heterocycles. The van der Waals surface area contributed by atoms with Gasteiger partial charge < -0.3 is 20.3 Å². The third-order valence-electron chi connectivity index (χ3n) is 2.66. The molecule has 2 rings (SSSR count). The predicted molar refractivity (Wildman–Crippen MR) is 72.4 cm³/mol. The predicted octanol–water partition coefficient (Wildman–Crippen LogP) is 1.73. The van der Waals surface area contributed by atoms with Gasteiger partial charge in [0.15, 0.2) is 0 Å². The lowest BCUT2D eigenvalue weighted by molar-refractivity contribution is 0.0600. The zero-order valence-corrected chi connectivity index (χ0v) is 10.9. The van der Waals surface area contributed by atoms with Gasteiger partial charge in [0.05, 0.1) is 19.3 Å². The highest BCUT2D eigenvalue weighted by molar-refractivity contribution is 5.88. The SMILES string of the molecule is COC(=O)c1ccc(Oc2ccc(N)c(CO)c2)nc1. The van der Waals surface area contributed by atoms with Crippen LogP contribution < -0.4 is 10.5 Å². The molecule has 0 saturated heterocycles. The molecule has 0 fully saturated rings. The van der Waals surface area contributed by atoms with E-state index in [-0.39, 0.29) is 6.61 Å². The van der Waals surface area contributed by atoms with E-state index in [1.54, 1.807) is 30.3 Å². The highest BCUT2D eigenvalue weighted by atomic mass is 16.5. The molecule has 0 radical (unpaired) electrons. The summed E-state index contributed by atoms with van der Waals surface area (Å²) >= 11 is 0. The van der Waals surface area contributed by atoms with E-state index in [9.17, 15) is 4.79 Å². The lowest BCUT2D eigenvalue weighted by Gasteiger charge is -2.08. The Balaban J connectivity index is 2.16. The molecule has 0 bridgehead atoms. The van der Waals surface area contributed by atoms with Gasteiger partial charge in [-0.15, -0.1) is 0 Å². The standard InChI is InChI=1S/C14H14N2O4/c1-19-14(18)9-2-5-13(16-7-9)20-11-3-4-12(15)10(6-11)8-17/h2-7,17H,8,15H2,1H3. The molecule has 1 aromatic carbocycles. The monoisotopic (exact) mass is 274 g/mol. The second kappa shape index (κ2) is 6.03. The number of carbonyl (C=O) groups excluding carboxylic acids is 1. The molecule has 104 valence electrons. The maximum absolute atomic E-state index is 11.3. The lowest BCUT2D eigenvalue weighted by Crippen LogP contribution is -2.01. The number of nitrogens with two attached hydrogens (primary N) is 1. The fraction of sp³-hybridized carbons (Fsp3) is 0.143. The first-order chi connectivity index (χ1) is 9.63. The van der Waals surface area contributed by atoms with Crippen molar-refractivity contribution in [3.63, 3.8) is 0 Å². The first kappa shape index (κ1) is 13.8. The van der Waals surface area contributed by atoms with E-state index < -0.39 is 5.97 Å². The van der Waals surface area contributed by atoms with Crippen LogP contribution in [0.5, 0.6) is 11.6 Å². The van der Waals surface area contributed by atoms with Crippen molar-refractivity contribution in [3.05, 3.63) is 47.7 Å². The van der Waals surface area contributed by atoms with Crippen molar-refractivity contribution in [2.45, 2.75) is 6.61 Å². The zero-order chi connectivity index (χ0) is 14.5. The Morgan fingerprint density at radius 3 is 2.75 bits per heavy atom. The molecule has 0 spiro atoms. The number of benzene rings is 1. The molecule has 0 aliphatic carbocycles. The van der Waals surface area contributed by atoms with Crippen LogP contribution in [-0.2, 0) is 11.3 Å². The quantitative estimate of drug-likeness (QED) is 0.651. The van der Waals surface area contributed by atoms with E-state index in [4.69, 9.17) is 15.6 Å². The normalized spacial score (nSPS) is 10.1. The van der Waals surface area contributed by atoms with E-state index in [0.717, 1.165) is 0 Å². The van der Waals surface area contributed by atoms with Gasteiger partial charge in [0, 0.05) is 23.5 Å². The Hall–Kier alpha value is -2.60. The van der Waals surface area contributed by atoms with Gasteiger partial charge >= 0.3 is 5.97 Å². The van der Waals surface area contributed by atoms with E-state index in [0.29, 0.717) is 28.4 Å². The van der Waals surface area contributed by atoms with Crippen LogP contribution in [0.15, 0.2) is 36.5 Å².